The molecular formula is C13H13N3O2S. The molecule has 1 fully saturated rings. The number of hydrogen-bond acceptors (Lipinski definition) is 5. The smallest absolute Gasteiger partial charge is 0.261 e. The van der Waals surface area contributed by atoms with Crippen LogP contribution in [0.25, 0.3) is 0 Å². The van der Waals surface area contributed by atoms with Crippen molar-refractivity contribution < 1.29 is 9.90 Å². The molecule has 1 aromatic heterocycles. The van der Waals surface area contributed by atoms with E-state index >= 15 is 0 Å². The van der Waals surface area contributed by atoms with Crippen molar-refractivity contribution in [1.82, 2.24) is 4.98 Å². The van der Waals surface area contributed by atoms with Gasteiger partial charge in [-0.3, -0.25) is 10.1 Å². The summed E-state index contributed by atoms with van der Waals surface area (Å²) >= 11 is 1.39. The van der Waals surface area contributed by atoms with Gasteiger partial charge in [-0.05, 0) is 25.0 Å². The van der Waals surface area contributed by atoms with E-state index in [2.05, 4.69) is 10.3 Å². The van der Waals surface area contributed by atoms with Gasteiger partial charge < -0.3 is 10.8 Å². The number of benzene rings is 1. The number of aromatic hydroxyl groups is 1. The van der Waals surface area contributed by atoms with Crippen LogP contribution in [0, 0.1) is 0 Å². The van der Waals surface area contributed by atoms with Crippen LogP contribution in [0.2, 0.25) is 0 Å². The third-order valence-corrected chi connectivity index (χ3v) is 3.83. The zero-order valence-electron chi connectivity index (χ0n) is 10.1. The molecule has 1 aliphatic rings. The van der Waals surface area contributed by atoms with Gasteiger partial charge in [0.05, 0.1) is 16.9 Å². The van der Waals surface area contributed by atoms with Crippen LogP contribution in [-0.2, 0) is 0 Å². The molecule has 5 nitrogen and oxygen atoms in total. The van der Waals surface area contributed by atoms with Gasteiger partial charge in [0.1, 0.15) is 0 Å². The lowest BCUT2D eigenvalue weighted by molar-refractivity contribution is 0.102. The number of phenolic OH excluding ortho intramolecular Hbond substituents is 1. The number of nitrogen functional groups attached to an aromatic ring is 1. The Morgan fingerprint density at radius 1 is 1.47 bits per heavy atom. The highest BCUT2D eigenvalue weighted by Gasteiger charge is 2.26. The average molecular weight is 275 g/mol. The molecule has 0 bridgehead atoms. The first-order valence-corrected chi connectivity index (χ1v) is 6.87. The van der Waals surface area contributed by atoms with Crippen LogP contribution in [0.5, 0.6) is 5.75 Å². The molecule has 0 aliphatic heterocycles. The molecule has 1 aromatic carbocycles. The minimum atomic E-state index is -0.401. The number of anilines is 2. The lowest BCUT2D eigenvalue weighted by Crippen LogP contribution is -2.12. The van der Waals surface area contributed by atoms with Crippen LogP contribution in [0.15, 0.2) is 23.6 Å². The zero-order valence-corrected chi connectivity index (χ0v) is 10.9. The van der Waals surface area contributed by atoms with Crippen LogP contribution in [0.1, 0.15) is 34.8 Å². The van der Waals surface area contributed by atoms with Crippen molar-refractivity contribution in [2.24, 2.45) is 0 Å². The van der Waals surface area contributed by atoms with Gasteiger partial charge >= 0.3 is 0 Å². The topological polar surface area (TPSA) is 88.2 Å². The van der Waals surface area contributed by atoms with Crippen molar-refractivity contribution in [3.63, 3.8) is 0 Å². The number of carbonyl (C=O) groups excluding carboxylic acids is 1. The van der Waals surface area contributed by atoms with Crippen LogP contribution >= 0.6 is 11.3 Å². The second-order valence-electron chi connectivity index (χ2n) is 4.55. The number of aromatic nitrogens is 1. The van der Waals surface area contributed by atoms with Gasteiger partial charge in [0, 0.05) is 11.3 Å². The fourth-order valence-electron chi connectivity index (χ4n) is 1.82. The Bertz CT molecular complexity index is 635. The van der Waals surface area contributed by atoms with Crippen molar-refractivity contribution in [2.75, 3.05) is 11.1 Å². The van der Waals surface area contributed by atoms with E-state index in [-0.39, 0.29) is 17.0 Å². The van der Waals surface area contributed by atoms with Crippen LogP contribution in [-0.4, -0.2) is 16.0 Å². The number of nitrogens with two attached hydrogens (primary N) is 1. The summed E-state index contributed by atoms with van der Waals surface area (Å²) in [5.41, 5.74) is 6.94. The summed E-state index contributed by atoms with van der Waals surface area (Å²) in [4.78, 5) is 16.4. The average Bonchev–Trinajstić information content (AvgIpc) is 3.14. The Balaban J connectivity index is 1.78. The van der Waals surface area contributed by atoms with Crippen LogP contribution < -0.4 is 11.1 Å². The van der Waals surface area contributed by atoms with E-state index in [0.29, 0.717) is 11.0 Å². The molecule has 1 aliphatic carbocycles. The largest absolute Gasteiger partial charge is 0.505 e. The Hall–Kier alpha value is -2.08. The number of amides is 1. The molecule has 4 N–H and O–H groups in total. The summed E-state index contributed by atoms with van der Waals surface area (Å²) in [6, 6.07) is 4.69. The third kappa shape index (κ3) is 2.39. The number of phenols is 1. The second-order valence-corrected chi connectivity index (χ2v) is 5.41. The molecular weight excluding hydrogens is 262 g/mol. The Labute approximate surface area is 114 Å². The lowest BCUT2D eigenvalue weighted by Gasteiger charge is -2.05. The SMILES string of the molecule is Nc1cccc(C(=O)Nc2nc(C3CC3)cs2)c1O. The van der Waals surface area contributed by atoms with E-state index in [1.54, 1.807) is 12.1 Å². The summed E-state index contributed by atoms with van der Waals surface area (Å²) in [7, 11) is 0. The van der Waals surface area contributed by atoms with Crippen molar-refractivity contribution >= 4 is 28.1 Å². The van der Waals surface area contributed by atoms with Crippen molar-refractivity contribution in [3.05, 3.63) is 34.8 Å². The number of carbonyl (C=O) groups is 1. The van der Waals surface area contributed by atoms with E-state index in [9.17, 15) is 9.90 Å². The predicted octanol–water partition coefficient (Wildman–Crippen LogP) is 2.56. The van der Waals surface area contributed by atoms with Gasteiger partial charge in [0.25, 0.3) is 5.91 Å². The minimum absolute atomic E-state index is 0.156. The molecule has 1 amide bonds. The standard InChI is InChI=1S/C13H13N3O2S/c14-9-3-1-2-8(11(9)17)12(18)16-13-15-10(6-19-13)7-4-5-7/h1-3,6-7,17H,4-5,14H2,(H,15,16,18). The normalized spacial score (nSPS) is 14.3. The van der Waals surface area contributed by atoms with E-state index in [1.807, 2.05) is 5.38 Å². The number of nitrogens with zero attached hydrogens (tertiary/aromatic N) is 1. The first-order valence-electron chi connectivity index (χ1n) is 5.99. The highest BCUT2D eigenvalue weighted by molar-refractivity contribution is 7.14. The fraction of sp³-hybridized carbons (Fsp3) is 0.231. The quantitative estimate of drug-likeness (QED) is 0.593. The van der Waals surface area contributed by atoms with Crippen molar-refractivity contribution in [1.29, 1.82) is 0 Å². The van der Waals surface area contributed by atoms with Gasteiger partial charge in [-0.25, -0.2) is 4.98 Å². The molecule has 3 rings (SSSR count). The fourth-order valence-corrected chi connectivity index (χ4v) is 2.61. The monoisotopic (exact) mass is 275 g/mol. The number of rotatable bonds is 3. The van der Waals surface area contributed by atoms with Crippen LogP contribution in [0.4, 0.5) is 10.8 Å². The molecule has 0 spiro atoms. The van der Waals surface area contributed by atoms with Gasteiger partial charge in [-0.15, -0.1) is 11.3 Å². The van der Waals surface area contributed by atoms with Crippen molar-refractivity contribution in [2.45, 2.75) is 18.8 Å². The van der Waals surface area contributed by atoms with Gasteiger partial charge in [0.15, 0.2) is 10.9 Å². The maximum Gasteiger partial charge on any atom is 0.261 e. The number of hydrogen-bond donors (Lipinski definition) is 3. The molecule has 6 heteroatoms. The minimum Gasteiger partial charge on any atom is -0.505 e. The summed E-state index contributed by atoms with van der Waals surface area (Å²) in [6.07, 6.45) is 2.35. The maximum absolute atomic E-state index is 12.0. The second kappa shape index (κ2) is 4.55. The number of thiazole rings is 1. The summed E-state index contributed by atoms with van der Waals surface area (Å²) in [5.74, 6) is -0.0388. The summed E-state index contributed by atoms with van der Waals surface area (Å²) in [5, 5.41) is 14.9. The van der Waals surface area contributed by atoms with Crippen LogP contribution in [0.3, 0.4) is 0 Å². The Morgan fingerprint density at radius 2 is 2.26 bits per heavy atom. The Morgan fingerprint density at radius 3 is 3.00 bits per heavy atom. The maximum atomic E-state index is 12.0. The van der Waals surface area contributed by atoms with E-state index < -0.39 is 5.91 Å². The summed E-state index contributed by atoms with van der Waals surface area (Å²) < 4.78 is 0. The van der Waals surface area contributed by atoms with Crippen molar-refractivity contribution in [3.8, 4) is 5.75 Å². The molecule has 0 radical (unpaired) electrons. The molecule has 19 heavy (non-hydrogen) atoms. The van der Waals surface area contributed by atoms with E-state index in [0.717, 1.165) is 5.69 Å². The first kappa shape index (κ1) is 12.0. The lowest BCUT2D eigenvalue weighted by atomic mass is 10.1. The van der Waals surface area contributed by atoms with Gasteiger partial charge in [-0.2, -0.15) is 0 Å². The first-order chi connectivity index (χ1) is 9.15. The van der Waals surface area contributed by atoms with Gasteiger partial charge in [-0.1, -0.05) is 6.07 Å². The molecule has 0 saturated heterocycles. The molecule has 1 saturated carbocycles. The number of para-hydroxylation sites is 1. The molecule has 0 atom stereocenters. The predicted molar refractivity (Wildman–Crippen MR) is 74.6 cm³/mol. The van der Waals surface area contributed by atoms with E-state index in [4.69, 9.17) is 5.73 Å². The molecule has 98 valence electrons. The Kier molecular flexibility index (Phi) is 2.87. The highest BCUT2D eigenvalue weighted by atomic mass is 32.1. The highest BCUT2D eigenvalue weighted by Crippen LogP contribution is 2.41. The third-order valence-electron chi connectivity index (χ3n) is 3.05. The van der Waals surface area contributed by atoms with E-state index in [1.165, 1.54) is 30.2 Å². The molecule has 1 heterocycles. The van der Waals surface area contributed by atoms with Gasteiger partial charge in [0.2, 0.25) is 0 Å². The number of nitrogens with one attached hydrogen (secondary N) is 1. The molecule has 0 unspecified atom stereocenters. The summed E-state index contributed by atoms with van der Waals surface area (Å²) in [6.45, 7) is 0. The molecule has 2 aromatic rings. The zero-order chi connectivity index (χ0) is 13.4.